The Labute approximate surface area is 123 Å². The second kappa shape index (κ2) is 5.56. The number of phenolic OH excluding ortho intramolecular Hbond substituents is 2. The molecule has 2 aromatic rings. The summed E-state index contributed by atoms with van der Waals surface area (Å²) in [6.07, 6.45) is 0.349. The molecular formula is C17H14N2O2. The number of hydrogen-bond acceptors (Lipinski definition) is 4. The van der Waals surface area contributed by atoms with Gasteiger partial charge in [-0.2, -0.15) is 10.5 Å². The third-order valence-electron chi connectivity index (χ3n) is 3.28. The van der Waals surface area contributed by atoms with Crippen LogP contribution in [0.3, 0.4) is 0 Å². The summed E-state index contributed by atoms with van der Waals surface area (Å²) in [6, 6.07) is 11.0. The number of nitriles is 2. The minimum Gasteiger partial charge on any atom is -0.504 e. The lowest BCUT2D eigenvalue weighted by Gasteiger charge is -2.11. The van der Waals surface area contributed by atoms with Crippen LogP contribution >= 0.6 is 0 Å². The van der Waals surface area contributed by atoms with Gasteiger partial charge >= 0.3 is 0 Å². The first kappa shape index (κ1) is 14.4. The monoisotopic (exact) mass is 278 g/mol. The maximum atomic E-state index is 9.80. The average molecular weight is 278 g/mol. The molecule has 0 aliphatic rings. The number of phenols is 2. The van der Waals surface area contributed by atoms with Gasteiger partial charge in [0.05, 0.1) is 11.6 Å². The molecule has 2 N–H and O–H groups in total. The van der Waals surface area contributed by atoms with Gasteiger partial charge in [-0.1, -0.05) is 29.3 Å². The summed E-state index contributed by atoms with van der Waals surface area (Å²) in [5, 5.41) is 37.8. The molecule has 0 spiro atoms. The van der Waals surface area contributed by atoms with Gasteiger partial charge in [-0.15, -0.1) is 0 Å². The molecule has 0 heterocycles. The first-order valence-electron chi connectivity index (χ1n) is 6.41. The summed E-state index contributed by atoms with van der Waals surface area (Å²) in [4.78, 5) is 0. The molecule has 2 rings (SSSR count). The lowest BCUT2D eigenvalue weighted by molar-refractivity contribution is 0.402. The predicted molar refractivity (Wildman–Crippen MR) is 77.9 cm³/mol. The Balaban J connectivity index is 2.61. The fourth-order valence-corrected chi connectivity index (χ4v) is 2.48. The molecule has 0 aromatic heterocycles. The lowest BCUT2D eigenvalue weighted by atomic mass is 9.93. The van der Waals surface area contributed by atoms with Crippen molar-refractivity contribution in [3.05, 3.63) is 57.6 Å². The molecule has 0 saturated carbocycles. The second-order valence-corrected chi connectivity index (χ2v) is 5.04. The first-order chi connectivity index (χ1) is 9.96. The topological polar surface area (TPSA) is 88.0 Å². The summed E-state index contributed by atoms with van der Waals surface area (Å²) in [7, 11) is 0. The van der Waals surface area contributed by atoms with Crippen molar-refractivity contribution in [2.75, 3.05) is 0 Å². The summed E-state index contributed by atoms with van der Waals surface area (Å²) in [5.41, 5.74) is 3.70. The van der Waals surface area contributed by atoms with E-state index in [1.807, 2.05) is 44.2 Å². The lowest BCUT2D eigenvalue weighted by Crippen LogP contribution is -1.99. The number of rotatable bonds is 2. The van der Waals surface area contributed by atoms with Crippen LogP contribution in [0.15, 0.2) is 24.3 Å². The van der Waals surface area contributed by atoms with Crippen LogP contribution in [0.5, 0.6) is 11.5 Å². The molecule has 4 heteroatoms. The normalized spacial score (nSPS) is 9.90. The van der Waals surface area contributed by atoms with E-state index in [1.54, 1.807) is 0 Å². The van der Waals surface area contributed by atoms with Crippen molar-refractivity contribution in [1.29, 1.82) is 10.5 Å². The van der Waals surface area contributed by atoms with Gasteiger partial charge in [0.1, 0.15) is 11.6 Å². The largest absolute Gasteiger partial charge is 0.504 e. The zero-order valence-corrected chi connectivity index (χ0v) is 11.8. The average Bonchev–Trinajstić information content (AvgIpc) is 2.42. The fraction of sp³-hybridized carbons (Fsp3) is 0.176. The highest BCUT2D eigenvalue weighted by Crippen LogP contribution is 2.34. The molecule has 4 nitrogen and oxygen atoms in total. The zero-order chi connectivity index (χ0) is 15.6. The van der Waals surface area contributed by atoms with E-state index in [0.29, 0.717) is 12.0 Å². The molecule has 21 heavy (non-hydrogen) atoms. The molecule has 0 radical (unpaired) electrons. The molecule has 0 saturated heterocycles. The standard InChI is InChI=1S/C17H14N2O2/c1-10-3-11(2)5-12(4-10)6-14-13(8-18)7-16(20)17(21)15(14)9-19/h3-5,7,20-21H,6H2,1-2H3. The van der Waals surface area contributed by atoms with E-state index in [1.165, 1.54) is 6.07 Å². The van der Waals surface area contributed by atoms with Crippen LogP contribution in [0.25, 0.3) is 0 Å². The highest BCUT2D eigenvalue weighted by Gasteiger charge is 2.17. The molecule has 0 aliphatic heterocycles. The van der Waals surface area contributed by atoms with Crippen LogP contribution in [0.1, 0.15) is 33.4 Å². The summed E-state index contributed by atoms with van der Waals surface area (Å²) in [5.74, 6) is -0.928. The van der Waals surface area contributed by atoms with E-state index in [2.05, 4.69) is 0 Å². The van der Waals surface area contributed by atoms with Gasteiger partial charge in [-0.05, 0) is 25.0 Å². The maximum absolute atomic E-state index is 9.80. The summed E-state index contributed by atoms with van der Waals surface area (Å²) in [6.45, 7) is 3.95. The molecule has 0 aliphatic carbocycles. The zero-order valence-electron chi connectivity index (χ0n) is 11.8. The molecule has 0 fully saturated rings. The summed E-state index contributed by atoms with van der Waals surface area (Å²) >= 11 is 0. The van der Waals surface area contributed by atoms with Crippen molar-refractivity contribution in [3.63, 3.8) is 0 Å². The molecule has 0 amide bonds. The van der Waals surface area contributed by atoms with Crippen LogP contribution < -0.4 is 0 Å². The van der Waals surface area contributed by atoms with Crippen LogP contribution in [-0.2, 0) is 6.42 Å². The van der Waals surface area contributed by atoms with Crippen molar-refractivity contribution < 1.29 is 10.2 Å². The van der Waals surface area contributed by atoms with E-state index < -0.39 is 11.5 Å². The minimum atomic E-state index is -0.476. The number of nitrogens with zero attached hydrogens (tertiary/aromatic N) is 2. The Morgan fingerprint density at radius 3 is 2.10 bits per heavy atom. The van der Waals surface area contributed by atoms with E-state index in [-0.39, 0.29) is 11.1 Å². The third kappa shape index (κ3) is 2.80. The molecule has 0 bridgehead atoms. The van der Waals surface area contributed by atoms with Crippen LogP contribution in [-0.4, -0.2) is 10.2 Å². The predicted octanol–water partition coefficient (Wildman–Crippen LogP) is 3.05. The molecular weight excluding hydrogens is 264 g/mol. The fourth-order valence-electron chi connectivity index (χ4n) is 2.48. The van der Waals surface area contributed by atoms with E-state index in [0.717, 1.165) is 16.7 Å². The maximum Gasteiger partial charge on any atom is 0.175 e. The quantitative estimate of drug-likeness (QED) is 0.826. The van der Waals surface area contributed by atoms with E-state index >= 15 is 0 Å². The van der Waals surface area contributed by atoms with Gasteiger partial charge in [-0.3, -0.25) is 0 Å². The molecule has 104 valence electrons. The Morgan fingerprint density at radius 1 is 0.952 bits per heavy atom. The van der Waals surface area contributed by atoms with Gasteiger partial charge < -0.3 is 10.2 Å². The highest BCUT2D eigenvalue weighted by molar-refractivity contribution is 5.62. The van der Waals surface area contributed by atoms with Gasteiger partial charge in [0.2, 0.25) is 0 Å². The molecule has 2 aromatic carbocycles. The smallest absolute Gasteiger partial charge is 0.175 e. The van der Waals surface area contributed by atoms with Gasteiger partial charge in [0.15, 0.2) is 11.5 Å². The number of aryl methyl sites for hydroxylation is 2. The van der Waals surface area contributed by atoms with Crippen molar-refractivity contribution in [2.45, 2.75) is 20.3 Å². The van der Waals surface area contributed by atoms with Crippen molar-refractivity contribution >= 4 is 0 Å². The molecule has 0 atom stereocenters. The third-order valence-corrected chi connectivity index (χ3v) is 3.28. The van der Waals surface area contributed by atoms with Gasteiger partial charge in [0, 0.05) is 12.5 Å². The van der Waals surface area contributed by atoms with E-state index in [9.17, 15) is 20.7 Å². The van der Waals surface area contributed by atoms with Crippen LogP contribution in [0.2, 0.25) is 0 Å². The van der Waals surface area contributed by atoms with Crippen molar-refractivity contribution in [3.8, 4) is 23.6 Å². The second-order valence-electron chi connectivity index (χ2n) is 5.04. The van der Waals surface area contributed by atoms with Crippen LogP contribution in [0.4, 0.5) is 0 Å². The molecule has 0 unspecified atom stereocenters. The number of aromatic hydroxyl groups is 2. The van der Waals surface area contributed by atoms with Crippen molar-refractivity contribution in [1.82, 2.24) is 0 Å². The minimum absolute atomic E-state index is 0.0503. The van der Waals surface area contributed by atoms with Gasteiger partial charge in [0.25, 0.3) is 0 Å². The Bertz CT molecular complexity index is 776. The van der Waals surface area contributed by atoms with E-state index in [4.69, 9.17) is 0 Å². The van der Waals surface area contributed by atoms with Crippen molar-refractivity contribution in [2.24, 2.45) is 0 Å². The number of benzene rings is 2. The van der Waals surface area contributed by atoms with Crippen LogP contribution in [0, 0.1) is 36.5 Å². The highest BCUT2D eigenvalue weighted by atomic mass is 16.3. The first-order valence-corrected chi connectivity index (χ1v) is 6.41. The number of hydrogen-bond donors (Lipinski definition) is 2. The Hall–Kier alpha value is -2.98. The van der Waals surface area contributed by atoms with Gasteiger partial charge in [-0.25, -0.2) is 0 Å². The summed E-state index contributed by atoms with van der Waals surface area (Å²) < 4.78 is 0. The Morgan fingerprint density at radius 2 is 1.57 bits per heavy atom. The SMILES string of the molecule is Cc1cc(C)cc(Cc2c(C#N)cc(O)c(O)c2C#N)c1. The Kier molecular flexibility index (Phi) is 3.82.